The number of nitrogens with zero attached hydrogens (tertiary/aromatic N) is 1. The second kappa shape index (κ2) is 4.45. The van der Waals surface area contributed by atoms with Gasteiger partial charge >= 0.3 is 15.6 Å². The van der Waals surface area contributed by atoms with Crippen LogP contribution < -0.4 is 0 Å². The van der Waals surface area contributed by atoms with Crippen LogP contribution in [0.25, 0.3) is 0 Å². The molecule has 0 aliphatic heterocycles. The van der Waals surface area contributed by atoms with Crippen LogP contribution in [-0.4, -0.2) is 45.6 Å². The van der Waals surface area contributed by atoms with Crippen LogP contribution in [0.5, 0.6) is 0 Å². The predicted octanol–water partition coefficient (Wildman–Crippen LogP) is 0.803. The molecule has 0 bridgehead atoms. The molecule has 1 atom stereocenters. The normalized spacial score (nSPS) is 15.9. The van der Waals surface area contributed by atoms with Gasteiger partial charge in [-0.05, 0) is 21.0 Å². The molecule has 0 fully saturated rings. The van der Waals surface area contributed by atoms with E-state index in [4.69, 9.17) is 0 Å². The Balaban J connectivity index is 4.39. The molecule has 0 amide bonds. The first-order valence-corrected chi connectivity index (χ1v) is 5.11. The van der Waals surface area contributed by atoms with Gasteiger partial charge in [0.2, 0.25) is 0 Å². The van der Waals surface area contributed by atoms with Gasteiger partial charge in [0.15, 0.2) is 0 Å². The third-order valence-electron chi connectivity index (χ3n) is 1.20. The van der Waals surface area contributed by atoms with E-state index in [1.54, 1.807) is 14.1 Å². The number of rotatable bonds is 4. The smallest absolute Gasteiger partial charge is 0.307 e. The molecule has 0 aromatic carbocycles. The first kappa shape index (κ1) is 13.7. The molecule has 14 heavy (non-hydrogen) atoms. The highest BCUT2D eigenvalue weighted by molar-refractivity contribution is 7.87. The summed E-state index contributed by atoms with van der Waals surface area (Å²) in [6.45, 7) is 1.35. The quantitative estimate of drug-likeness (QED) is 0.534. The maximum atomic E-state index is 11.8. The van der Waals surface area contributed by atoms with Crippen LogP contribution in [0.1, 0.15) is 6.92 Å². The van der Waals surface area contributed by atoms with Gasteiger partial charge in [-0.15, -0.1) is 0 Å². The Hall–Kier alpha value is -0.340. The fourth-order valence-electron chi connectivity index (χ4n) is 0.815. The molecule has 86 valence electrons. The molecule has 0 heterocycles. The van der Waals surface area contributed by atoms with Crippen LogP contribution >= 0.6 is 0 Å². The molecule has 0 radical (unpaired) electrons. The first-order valence-electron chi connectivity index (χ1n) is 3.70. The van der Waals surface area contributed by atoms with Crippen molar-refractivity contribution in [2.75, 3.05) is 20.6 Å². The highest BCUT2D eigenvalue weighted by Crippen LogP contribution is 2.25. The van der Waals surface area contributed by atoms with Crippen LogP contribution in [-0.2, 0) is 14.3 Å². The van der Waals surface area contributed by atoms with Crippen molar-refractivity contribution in [1.29, 1.82) is 0 Å². The van der Waals surface area contributed by atoms with E-state index in [9.17, 15) is 21.6 Å². The van der Waals surface area contributed by atoms with E-state index in [2.05, 4.69) is 4.18 Å². The van der Waals surface area contributed by atoms with Gasteiger partial charge in [0.1, 0.15) is 0 Å². The average molecular weight is 235 g/mol. The zero-order valence-electron chi connectivity index (χ0n) is 8.00. The van der Waals surface area contributed by atoms with Crippen molar-refractivity contribution >= 4 is 10.1 Å². The minimum Gasteiger partial charge on any atom is -0.307 e. The largest absolute Gasteiger partial charge is 0.523 e. The lowest BCUT2D eigenvalue weighted by atomic mass is 10.4. The van der Waals surface area contributed by atoms with Gasteiger partial charge in [-0.1, -0.05) is 0 Å². The van der Waals surface area contributed by atoms with Crippen LogP contribution in [0.15, 0.2) is 0 Å². The minimum atomic E-state index is -5.47. The number of halogens is 3. The summed E-state index contributed by atoms with van der Waals surface area (Å²) in [4.78, 5) is 1.52. The van der Waals surface area contributed by atoms with Gasteiger partial charge in [0.25, 0.3) is 0 Å². The summed E-state index contributed by atoms with van der Waals surface area (Å²) in [7, 11) is -2.27. The van der Waals surface area contributed by atoms with Crippen molar-refractivity contribution in [3.05, 3.63) is 0 Å². The van der Waals surface area contributed by atoms with Gasteiger partial charge in [-0.25, -0.2) is 0 Å². The summed E-state index contributed by atoms with van der Waals surface area (Å²) in [6, 6.07) is 0. The Morgan fingerprint density at radius 2 is 1.79 bits per heavy atom. The molecule has 0 aromatic heterocycles. The van der Waals surface area contributed by atoms with E-state index < -0.39 is 21.7 Å². The second-order valence-corrected chi connectivity index (χ2v) is 4.63. The molecule has 0 N–H and O–H groups in total. The van der Waals surface area contributed by atoms with Gasteiger partial charge in [0.05, 0.1) is 6.10 Å². The monoisotopic (exact) mass is 235 g/mol. The summed E-state index contributed by atoms with van der Waals surface area (Å²) >= 11 is 0. The van der Waals surface area contributed by atoms with Crippen molar-refractivity contribution in [2.24, 2.45) is 0 Å². The third-order valence-corrected chi connectivity index (χ3v) is 2.35. The van der Waals surface area contributed by atoms with Gasteiger partial charge in [-0.3, -0.25) is 4.18 Å². The summed E-state index contributed by atoms with van der Waals surface area (Å²) in [5.74, 6) is 0. The summed E-state index contributed by atoms with van der Waals surface area (Å²) in [5.41, 5.74) is -5.35. The SMILES string of the molecule is CC(CN(C)C)OS(=O)(=O)C(F)(F)F. The Morgan fingerprint density at radius 3 is 2.07 bits per heavy atom. The van der Waals surface area contributed by atoms with Crippen LogP contribution in [0.4, 0.5) is 13.2 Å². The van der Waals surface area contributed by atoms with Crippen molar-refractivity contribution in [1.82, 2.24) is 4.90 Å². The number of hydrogen-bond donors (Lipinski definition) is 0. The third kappa shape index (κ3) is 4.25. The van der Waals surface area contributed by atoms with Crippen molar-refractivity contribution in [3.8, 4) is 0 Å². The summed E-state index contributed by atoms with van der Waals surface area (Å²) in [6.07, 6.45) is -1.03. The first-order chi connectivity index (χ1) is 6.06. The molecule has 0 rings (SSSR count). The lowest BCUT2D eigenvalue weighted by Crippen LogP contribution is -2.33. The van der Waals surface area contributed by atoms with Crippen LogP contribution in [0.3, 0.4) is 0 Å². The number of alkyl halides is 3. The Bertz CT molecular complexity index is 273. The topological polar surface area (TPSA) is 46.6 Å². The minimum absolute atomic E-state index is 0.0926. The van der Waals surface area contributed by atoms with Gasteiger partial charge in [0, 0.05) is 6.54 Å². The molecule has 0 spiro atoms. The molecule has 0 aliphatic rings. The Morgan fingerprint density at radius 1 is 1.36 bits per heavy atom. The standard InChI is InChI=1S/C6H12F3NO3S/c1-5(4-10(2)3)13-14(11,12)6(7,8)9/h5H,4H2,1-3H3. The summed E-state index contributed by atoms with van der Waals surface area (Å²) in [5, 5.41) is 0. The highest BCUT2D eigenvalue weighted by Gasteiger charge is 2.48. The van der Waals surface area contributed by atoms with Gasteiger partial charge in [-0.2, -0.15) is 21.6 Å². The van der Waals surface area contributed by atoms with E-state index >= 15 is 0 Å². The maximum absolute atomic E-state index is 11.8. The van der Waals surface area contributed by atoms with Crippen LogP contribution in [0, 0.1) is 0 Å². The molecular formula is C6H12F3NO3S. The fourth-order valence-corrected chi connectivity index (χ4v) is 1.42. The molecule has 0 saturated heterocycles. The molecule has 0 aromatic rings. The molecule has 8 heteroatoms. The molecule has 4 nitrogen and oxygen atoms in total. The molecular weight excluding hydrogens is 223 g/mol. The number of hydrogen-bond acceptors (Lipinski definition) is 4. The summed E-state index contributed by atoms with van der Waals surface area (Å²) < 4.78 is 60.3. The molecule has 1 unspecified atom stereocenters. The average Bonchev–Trinajstić information content (AvgIpc) is 1.79. The van der Waals surface area contributed by atoms with E-state index in [0.29, 0.717) is 0 Å². The highest BCUT2D eigenvalue weighted by atomic mass is 32.2. The van der Waals surface area contributed by atoms with Crippen molar-refractivity contribution in [2.45, 2.75) is 18.5 Å². The van der Waals surface area contributed by atoms with E-state index in [1.807, 2.05) is 0 Å². The Kier molecular flexibility index (Phi) is 4.34. The van der Waals surface area contributed by atoms with Crippen LogP contribution in [0.2, 0.25) is 0 Å². The van der Waals surface area contributed by atoms with Crippen molar-refractivity contribution in [3.63, 3.8) is 0 Å². The Labute approximate surface area is 80.8 Å². The van der Waals surface area contributed by atoms with E-state index in [0.717, 1.165) is 0 Å². The maximum Gasteiger partial charge on any atom is 0.523 e. The van der Waals surface area contributed by atoms with Crippen molar-refractivity contribution < 1.29 is 25.8 Å². The predicted molar refractivity (Wildman–Crippen MR) is 44.1 cm³/mol. The van der Waals surface area contributed by atoms with E-state index in [1.165, 1.54) is 11.8 Å². The zero-order chi connectivity index (χ0) is 11.6. The van der Waals surface area contributed by atoms with Gasteiger partial charge < -0.3 is 4.90 Å². The number of likely N-dealkylation sites (N-methyl/N-ethyl adjacent to an activating group) is 1. The second-order valence-electron chi connectivity index (χ2n) is 3.07. The van der Waals surface area contributed by atoms with E-state index in [-0.39, 0.29) is 6.54 Å². The molecule has 0 saturated carbocycles. The lowest BCUT2D eigenvalue weighted by molar-refractivity contribution is -0.0573. The fraction of sp³-hybridized carbons (Fsp3) is 1.00. The lowest BCUT2D eigenvalue weighted by Gasteiger charge is -2.17. The molecule has 0 aliphatic carbocycles. The zero-order valence-corrected chi connectivity index (χ0v) is 8.82.